The highest BCUT2D eigenvalue weighted by molar-refractivity contribution is 5.75. The highest BCUT2D eigenvalue weighted by atomic mass is 19.1. The van der Waals surface area contributed by atoms with E-state index in [2.05, 4.69) is 15.3 Å². The molecule has 1 aromatic rings. The van der Waals surface area contributed by atoms with E-state index < -0.39 is 29.2 Å². The first-order valence-corrected chi connectivity index (χ1v) is 5.49. The van der Waals surface area contributed by atoms with Gasteiger partial charge < -0.3 is 10.4 Å². The second-order valence-electron chi connectivity index (χ2n) is 3.67. The van der Waals surface area contributed by atoms with Gasteiger partial charge in [0.05, 0.1) is 5.56 Å². The summed E-state index contributed by atoms with van der Waals surface area (Å²) in [6, 6.07) is 1.67. The second kappa shape index (κ2) is 7.30. The van der Waals surface area contributed by atoms with E-state index in [1.54, 1.807) is 0 Å². The van der Waals surface area contributed by atoms with Crippen molar-refractivity contribution in [1.29, 1.82) is 0 Å². The van der Waals surface area contributed by atoms with Crippen LogP contribution < -0.4 is 5.32 Å². The van der Waals surface area contributed by atoms with Crippen LogP contribution in [-0.4, -0.2) is 24.2 Å². The van der Waals surface area contributed by atoms with E-state index in [-0.39, 0.29) is 13.1 Å². The van der Waals surface area contributed by atoms with Crippen molar-refractivity contribution >= 4 is 5.97 Å². The molecule has 0 aromatic heterocycles. The number of hydrogen-bond acceptors (Lipinski definition) is 3. The van der Waals surface area contributed by atoms with Gasteiger partial charge in [-0.15, -0.1) is 0 Å². The Hall–Kier alpha value is -2.18. The third kappa shape index (κ3) is 4.20. The summed E-state index contributed by atoms with van der Waals surface area (Å²) in [5, 5.41) is 14.8. The van der Waals surface area contributed by atoms with Crippen molar-refractivity contribution in [1.82, 2.24) is 5.32 Å². The predicted molar refractivity (Wildman–Crippen MR) is 63.4 cm³/mol. The number of azide groups is 1. The van der Waals surface area contributed by atoms with Gasteiger partial charge in [-0.25, -0.2) is 8.78 Å². The number of carbonyl (C=O) groups is 1. The van der Waals surface area contributed by atoms with Crippen LogP contribution in [0.15, 0.2) is 23.3 Å². The molecule has 0 aliphatic heterocycles. The lowest BCUT2D eigenvalue weighted by molar-refractivity contribution is -0.139. The summed E-state index contributed by atoms with van der Waals surface area (Å²) in [7, 11) is 0. The van der Waals surface area contributed by atoms with Crippen molar-refractivity contribution in [3.8, 4) is 0 Å². The molecule has 1 rings (SSSR count). The zero-order valence-corrected chi connectivity index (χ0v) is 9.88. The molecule has 102 valence electrons. The molecule has 0 bridgehead atoms. The van der Waals surface area contributed by atoms with E-state index >= 15 is 0 Å². The molecule has 0 heterocycles. The molecular formula is C11H12F2N4O2. The van der Waals surface area contributed by atoms with Gasteiger partial charge in [0, 0.05) is 11.5 Å². The number of carboxylic acid groups (broad SMARTS) is 1. The fourth-order valence-corrected chi connectivity index (χ4v) is 1.54. The van der Waals surface area contributed by atoms with Gasteiger partial charge in [0.15, 0.2) is 0 Å². The molecule has 19 heavy (non-hydrogen) atoms. The summed E-state index contributed by atoms with van der Waals surface area (Å²) in [5.41, 5.74) is 7.53. The lowest BCUT2D eigenvalue weighted by Gasteiger charge is -2.15. The standard InChI is InChI=1S/C11H12F2N4O2/c12-7-3-1-4-8(13)9(7)10(11(18)19)15-5-2-6-16-17-14/h1,3-4,10,15H,2,5-6H2,(H,18,19). The Balaban J connectivity index is 2.78. The van der Waals surface area contributed by atoms with Crippen molar-refractivity contribution in [3.05, 3.63) is 45.8 Å². The number of rotatable bonds is 7. The Kier molecular flexibility index (Phi) is 5.72. The van der Waals surface area contributed by atoms with Gasteiger partial charge in [-0.05, 0) is 30.6 Å². The van der Waals surface area contributed by atoms with Crippen molar-refractivity contribution in [3.63, 3.8) is 0 Å². The summed E-state index contributed by atoms with van der Waals surface area (Å²) in [4.78, 5) is 13.6. The van der Waals surface area contributed by atoms with Gasteiger partial charge in [-0.1, -0.05) is 11.2 Å². The quantitative estimate of drug-likeness (QED) is 0.344. The predicted octanol–water partition coefficient (Wildman–Crippen LogP) is 2.38. The molecular weight excluding hydrogens is 258 g/mol. The van der Waals surface area contributed by atoms with Crippen molar-refractivity contribution in [2.75, 3.05) is 13.1 Å². The monoisotopic (exact) mass is 270 g/mol. The molecule has 0 aliphatic carbocycles. The summed E-state index contributed by atoms with van der Waals surface area (Å²) in [5.74, 6) is -3.22. The molecule has 1 aromatic carbocycles. The maximum atomic E-state index is 13.5. The number of nitrogens with one attached hydrogen (secondary N) is 1. The maximum absolute atomic E-state index is 13.5. The van der Waals surface area contributed by atoms with E-state index in [9.17, 15) is 13.6 Å². The molecule has 0 radical (unpaired) electrons. The highest BCUT2D eigenvalue weighted by Crippen LogP contribution is 2.20. The van der Waals surface area contributed by atoms with Crippen LogP contribution in [0.2, 0.25) is 0 Å². The molecule has 0 spiro atoms. The van der Waals surface area contributed by atoms with Crippen LogP contribution in [0, 0.1) is 11.6 Å². The third-order valence-corrected chi connectivity index (χ3v) is 2.38. The van der Waals surface area contributed by atoms with Crippen LogP contribution in [-0.2, 0) is 4.79 Å². The third-order valence-electron chi connectivity index (χ3n) is 2.38. The number of halogens is 2. The maximum Gasteiger partial charge on any atom is 0.325 e. The molecule has 0 fully saturated rings. The van der Waals surface area contributed by atoms with Crippen LogP contribution in [0.25, 0.3) is 10.4 Å². The minimum absolute atomic E-state index is 0.157. The van der Waals surface area contributed by atoms with Gasteiger partial charge in [0.25, 0.3) is 0 Å². The molecule has 0 amide bonds. The number of carboxylic acids is 1. The molecule has 1 unspecified atom stereocenters. The average molecular weight is 270 g/mol. The van der Waals surface area contributed by atoms with E-state index in [1.165, 1.54) is 0 Å². The van der Waals surface area contributed by atoms with Crippen LogP contribution in [0.1, 0.15) is 18.0 Å². The van der Waals surface area contributed by atoms with Crippen molar-refractivity contribution in [2.45, 2.75) is 12.5 Å². The second-order valence-corrected chi connectivity index (χ2v) is 3.67. The summed E-state index contributed by atoms with van der Waals surface area (Å²) >= 11 is 0. The highest BCUT2D eigenvalue weighted by Gasteiger charge is 2.25. The van der Waals surface area contributed by atoms with E-state index in [0.29, 0.717) is 6.42 Å². The summed E-state index contributed by atoms with van der Waals surface area (Å²) < 4.78 is 27.0. The molecule has 0 saturated heterocycles. The summed E-state index contributed by atoms with van der Waals surface area (Å²) in [6.07, 6.45) is 0.365. The minimum atomic E-state index is -1.48. The van der Waals surface area contributed by atoms with Gasteiger partial charge >= 0.3 is 5.97 Å². The molecule has 2 N–H and O–H groups in total. The number of hydrogen-bond donors (Lipinski definition) is 2. The Bertz CT molecular complexity index is 483. The first-order valence-electron chi connectivity index (χ1n) is 5.49. The van der Waals surface area contributed by atoms with Crippen molar-refractivity contribution in [2.24, 2.45) is 5.11 Å². The number of aliphatic carboxylic acids is 1. The average Bonchev–Trinajstić information content (AvgIpc) is 2.35. The summed E-state index contributed by atoms with van der Waals surface area (Å²) in [6.45, 7) is 0.333. The SMILES string of the molecule is [N-]=[N+]=NCCCNC(C(=O)O)c1c(F)cccc1F. The fourth-order valence-electron chi connectivity index (χ4n) is 1.54. The van der Waals surface area contributed by atoms with Gasteiger partial charge in [0.2, 0.25) is 0 Å². The molecule has 8 heteroatoms. The number of benzene rings is 1. The van der Waals surface area contributed by atoms with Gasteiger partial charge in [-0.2, -0.15) is 0 Å². The number of nitrogens with zero attached hydrogens (tertiary/aromatic N) is 3. The van der Waals surface area contributed by atoms with Crippen LogP contribution >= 0.6 is 0 Å². The first-order chi connectivity index (χ1) is 9.07. The first kappa shape index (κ1) is 14.9. The van der Waals surface area contributed by atoms with Crippen LogP contribution in [0.4, 0.5) is 8.78 Å². The molecule has 6 nitrogen and oxygen atoms in total. The minimum Gasteiger partial charge on any atom is -0.480 e. The largest absolute Gasteiger partial charge is 0.480 e. The Morgan fingerprint density at radius 1 is 1.47 bits per heavy atom. The van der Waals surface area contributed by atoms with E-state index in [0.717, 1.165) is 18.2 Å². The van der Waals surface area contributed by atoms with Crippen LogP contribution in [0.3, 0.4) is 0 Å². The Morgan fingerprint density at radius 3 is 2.63 bits per heavy atom. The Morgan fingerprint density at radius 2 is 2.11 bits per heavy atom. The zero-order chi connectivity index (χ0) is 14.3. The Labute approximate surface area is 107 Å². The molecule has 0 aliphatic rings. The van der Waals surface area contributed by atoms with Gasteiger partial charge in [0.1, 0.15) is 17.7 Å². The van der Waals surface area contributed by atoms with E-state index in [4.69, 9.17) is 10.6 Å². The zero-order valence-electron chi connectivity index (χ0n) is 9.88. The van der Waals surface area contributed by atoms with Gasteiger partial charge in [-0.3, -0.25) is 4.79 Å². The van der Waals surface area contributed by atoms with Crippen molar-refractivity contribution < 1.29 is 18.7 Å². The molecule has 0 saturated carbocycles. The molecule has 1 atom stereocenters. The fraction of sp³-hybridized carbons (Fsp3) is 0.364. The van der Waals surface area contributed by atoms with E-state index in [1.807, 2.05) is 0 Å². The smallest absolute Gasteiger partial charge is 0.325 e. The lowest BCUT2D eigenvalue weighted by Crippen LogP contribution is -2.31. The topological polar surface area (TPSA) is 98.1 Å². The van der Waals surface area contributed by atoms with Crippen LogP contribution in [0.5, 0.6) is 0 Å². The normalized spacial score (nSPS) is 11.7. The lowest BCUT2D eigenvalue weighted by atomic mass is 10.1.